The Labute approximate surface area is 159 Å². The van der Waals surface area contributed by atoms with Gasteiger partial charge in [0.2, 0.25) is 0 Å². The van der Waals surface area contributed by atoms with Crippen LogP contribution in [0.15, 0.2) is 58.1 Å². The molecule has 0 fully saturated rings. The molecule has 142 valence electrons. The molecule has 1 aromatic heterocycles. The van der Waals surface area contributed by atoms with Gasteiger partial charge in [0, 0.05) is 5.56 Å². The molecule has 1 atom stereocenters. The third kappa shape index (κ3) is 3.27. The predicted molar refractivity (Wildman–Crippen MR) is 104 cm³/mol. The van der Waals surface area contributed by atoms with Gasteiger partial charge >= 0.3 is 5.69 Å². The number of ether oxygens (including phenoxy) is 1. The third-order valence-electron chi connectivity index (χ3n) is 4.71. The maximum Gasteiger partial charge on any atom is 0.326 e. The molecule has 0 saturated heterocycles. The molecule has 5 N–H and O–H groups in total. The van der Waals surface area contributed by atoms with E-state index in [0.29, 0.717) is 6.42 Å². The highest BCUT2D eigenvalue weighted by Gasteiger charge is 2.28. The van der Waals surface area contributed by atoms with Crippen molar-refractivity contribution in [3.63, 3.8) is 0 Å². The van der Waals surface area contributed by atoms with Crippen molar-refractivity contribution >= 4 is 11.6 Å². The number of nitrogens with one attached hydrogen (secondary N) is 3. The molecular formula is C20H18N4O4. The standard InChI is InChI=1S/C20H18N4O4/c21-16-17(23-20(27)24-18(16)25)19(26)22-14-10-9-13-12(14)7-4-8-15(13)28-11-5-2-1-3-6-11/h1-8,14H,9-10,21H2,(H,22,26)(H2,23,24,25,27). The molecule has 0 aliphatic heterocycles. The average molecular weight is 378 g/mol. The Morgan fingerprint density at radius 2 is 1.86 bits per heavy atom. The smallest absolute Gasteiger partial charge is 0.326 e. The van der Waals surface area contributed by atoms with Crippen molar-refractivity contribution in [2.75, 3.05) is 5.73 Å². The van der Waals surface area contributed by atoms with Gasteiger partial charge in [-0.25, -0.2) is 4.79 Å². The molecule has 1 aliphatic rings. The summed E-state index contributed by atoms with van der Waals surface area (Å²) >= 11 is 0. The van der Waals surface area contributed by atoms with Crippen LogP contribution in [0.2, 0.25) is 0 Å². The van der Waals surface area contributed by atoms with Crippen LogP contribution < -0.4 is 27.0 Å². The molecule has 0 saturated carbocycles. The minimum Gasteiger partial charge on any atom is -0.457 e. The summed E-state index contributed by atoms with van der Waals surface area (Å²) in [5.74, 6) is 0.870. The van der Waals surface area contributed by atoms with Crippen molar-refractivity contribution in [3.05, 3.63) is 86.2 Å². The quantitative estimate of drug-likeness (QED) is 0.550. The van der Waals surface area contributed by atoms with Crippen molar-refractivity contribution in [2.45, 2.75) is 18.9 Å². The number of anilines is 1. The van der Waals surface area contributed by atoms with Gasteiger partial charge in [0.25, 0.3) is 11.5 Å². The Bertz CT molecular complexity index is 1150. The molecule has 1 unspecified atom stereocenters. The number of para-hydroxylation sites is 1. The zero-order valence-electron chi connectivity index (χ0n) is 14.8. The largest absolute Gasteiger partial charge is 0.457 e. The highest BCUT2D eigenvalue weighted by Crippen LogP contribution is 2.38. The number of hydrogen-bond acceptors (Lipinski definition) is 5. The van der Waals surface area contributed by atoms with E-state index in [2.05, 4.69) is 10.3 Å². The van der Waals surface area contributed by atoms with Gasteiger partial charge in [0.1, 0.15) is 22.9 Å². The molecule has 4 rings (SSSR count). The minimum atomic E-state index is -0.792. The highest BCUT2D eigenvalue weighted by atomic mass is 16.5. The molecule has 0 spiro atoms. The number of benzene rings is 2. The number of H-pyrrole nitrogens is 2. The fourth-order valence-corrected chi connectivity index (χ4v) is 3.39. The number of amides is 1. The van der Waals surface area contributed by atoms with Crippen molar-refractivity contribution in [3.8, 4) is 11.5 Å². The lowest BCUT2D eigenvalue weighted by atomic mass is 10.1. The van der Waals surface area contributed by atoms with Crippen molar-refractivity contribution in [2.24, 2.45) is 0 Å². The third-order valence-corrected chi connectivity index (χ3v) is 4.71. The van der Waals surface area contributed by atoms with E-state index in [-0.39, 0.29) is 17.4 Å². The zero-order chi connectivity index (χ0) is 19.7. The molecule has 1 amide bonds. The second kappa shape index (κ2) is 7.07. The number of carbonyl (C=O) groups excluding carboxylic acids is 1. The second-order valence-electron chi connectivity index (χ2n) is 6.50. The first-order valence-corrected chi connectivity index (χ1v) is 8.80. The van der Waals surface area contributed by atoms with Gasteiger partial charge in [-0.05, 0) is 36.6 Å². The number of nitrogens with two attached hydrogens (primary N) is 1. The van der Waals surface area contributed by atoms with Gasteiger partial charge in [-0.3, -0.25) is 14.6 Å². The fraction of sp³-hybridized carbons (Fsp3) is 0.150. The highest BCUT2D eigenvalue weighted by molar-refractivity contribution is 5.97. The molecule has 2 aromatic carbocycles. The van der Waals surface area contributed by atoms with Crippen LogP contribution in [0, 0.1) is 0 Å². The zero-order valence-corrected chi connectivity index (χ0v) is 14.8. The van der Waals surface area contributed by atoms with Gasteiger partial charge in [-0.2, -0.15) is 0 Å². The SMILES string of the molecule is Nc1c(C(=O)NC2CCc3c(Oc4ccccc4)cccc32)[nH]c(=O)[nH]c1=O. The van der Waals surface area contributed by atoms with Crippen LogP contribution in [-0.4, -0.2) is 15.9 Å². The Morgan fingerprint density at radius 1 is 1.07 bits per heavy atom. The van der Waals surface area contributed by atoms with Gasteiger partial charge in [-0.15, -0.1) is 0 Å². The van der Waals surface area contributed by atoms with Crippen molar-refractivity contribution in [1.82, 2.24) is 15.3 Å². The van der Waals surface area contributed by atoms with Gasteiger partial charge in [-0.1, -0.05) is 30.3 Å². The Hall–Kier alpha value is -3.81. The number of aromatic nitrogens is 2. The predicted octanol–water partition coefficient (Wildman–Crippen LogP) is 1.85. The summed E-state index contributed by atoms with van der Waals surface area (Å²) in [5.41, 5.74) is 5.46. The number of aromatic amines is 2. The monoisotopic (exact) mass is 378 g/mol. The van der Waals surface area contributed by atoms with Crippen LogP contribution >= 0.6 is 0 Å². The van der Waals surface area contributed by atoms with E-state index in [1.54, 1.807) is 0 Å². The first-order chi connectivity index (χ1) is 13.5. The molecular weight excluding hydrogens is 360 g/mol. The van der Waals surface area contributed by atoms with E-state index in [1.807, 2.05) is 53.5 Å². The van der Waals surface area contributed by atoms with E-state index in [4.69, 9.17) is 10.5 Å². The molecule has 1 heterocycles. The first kappa shape index (κ1) is 17.6. The first-order valence-electron chi connectivity index (χ1n) is 8.80. The molecule has 1 aliphatic carbocycles. The average Bonchev–Trinajstić information content (AvgIpc) is 3.09. The Kier molecular flexibility index (Phi) is 4.44. The lowest BCUT2D eigenvalue weighted by molar-refractivity contribution is 0.0932. The van der Waals surface area contributed by atoms with Crippen molar-refractivity contribution in [1.29, 1.82) is 0 Å². The lowest BCUT2D eigenvalue weighted by Gasteiger charge is -2.15. The molecule has 0 bridgehead atoms. The second-order valence-corrected chi connectivity index (χ2v) is 6.50. The number of rotatable bonds is 4. The van der Waals surface area contributed by atoms with E-state index in [1.165, 1.54) is 0 Å². The van der Waals surface area contributed by atoms with Gasteiger partial charge < -0.3 is 20.8 Å². The molecule has 3 aromatic rings. The van der Waals surface area contributed by atoms with Gasteiger partial charge in [0.05, 0.1) is 6.04 Å². The van der Waals surface area contributed by atoms with E-state index in [0.717, 1.165) is 29.0 Å². The maximum absolute atomic E-state index is 12.6. The van der Waals surface area contributed by atoms with E-state index >= 15 is 0 Å². The molecule has 0 radical (unpaired) electrons. The number of hydrogen-bond donors (Lipinski definition) is 4. The van der Waals surface area contributed by atoms with E-state index < -0.39 is 17.2 Å². The van der Waals surface area contributed by atoms with Gasteiger partial charge in [0.15, 0.2) is 0 Å². The molecule has 8 nitrogen and oxygen atoms in total. The van der Waals surface area contributed by atoms with Crippen LogP contribution in [0.3, 0.4) is 0 Å². The summed E-state index contributed by atoms with van der Waals surface area (Å²) in [6.07, 6.45) is 1.40. The van der Waals surface area contributed by atoms with Crippen LogP contribution in [0.1, 0.15) is 34.1 Å². The number of nitrogen functional groups attached to an aromatic ring is 1. The maximum atomic E-state index is 12.6. The summed E-state index contributed by atoms with van der Waals surface area (Å²) in [7, 11) is 0. The Balaban J connectivity index is 1.59. The summed E-state index contributed by atoms with van der Waals surface area (Å²) in [6.45, 7) is 0. The van der Waals surface area contributed by atoms with Crippen LogP contribution in [0.4, 0.5) is 5.69 Å². The lowest BCUT2D eigenvalue weighted by Crippen LogP contribution is -2.34. The van der Waals surface area contributed by atoms with Crippen LogP contribution in [-0.2, 0) is 6.42 Å². The summed E-state index contributed by atoms with van der Waals surface area (Å²) < 4.78 is 5.98. The topological polar surface area (TPSA) is 130 Å². The number of fused-ring (bicyclic) bond motifs is 1. The normalized spacial score (nSPS) is 15.1. The van der Waals surface area contributed by atoms with E-state index in [9.17, 15) is 14.4 Å². The van der Waals surface area contributed by atoms with Crippen LogP contribution in [0.5, 0.6) is 11.5 Å². The Morgan fingerprint density at radius 3 is 2.64 bits per heavy atom. The summed E-state index contributed by atoms with van der Waals surface area (Å²) in [6, 6.07) is 14.9. The molecule has 8 heteroatoms. The summed E-state index contributed by atoms with van der Waals surface area (Å²) in [5, 5.41) is 2.84. The van der Waals surface area contributed by atoms with Crippen molar-refractivity contribution < 1.29 is 9.53 Å². The van der Waals surface area contributed by atoms with Crippen LogP contribution in [0.25, 0.3) is 0 Å². The fourth-order valence-electron chi connectivity index (χ4n) is 3.39. The summed E-state index contributed by atoms with van der Waals surface area (Å²) in [4.78, 5) is 39.9. The minimum absolute atomic E-state index is 0.237. The molecule has 28 heavy (non-hydrogen) atoms. The number of carbonyl (C=O) groups is 1.